The first kappa shape index (κ1) is 12.2. The van der Waals surface area contributed by atoms with Crippen molar-refractivity contribution in [2.45, 2.75) is 24.5 Å². The van der Waals surface area contributed by atoms with Gasteiger partial charge in [0, 0.05) is 30.7 Å². The number of nitrogens with one attached hydrogen (secondary N) is 1. The molecule has 0 bridgehead atoms. The predicted octanol–water partition coefficient (Wildman–Crippen LogP) is 1.78. The molecule has 0 saturated heterocycles. The number of amides is 1. The zero-order valence-electron chi connectivity index (χ0n) is 9.57. The molecule has 3 N–H and O–H groups in total. The summed E-state index contributed by atoms with van der Waals surface area (Å²) in [7, 11) is 1.64. The lowest BCUT2D eigenvalue weighted by molar-refractivity contribution is -0.130. The van der Waals surface area contributed by atoms with Crippen LogP contribution in [0.1, 0.15) is 12.8 Å². The number of anilines is 1. The molecule has 5 heteroatoms. The Balaban J connectivity index is 2.10. The minimum atomic E-state index is -0.686. The SMILES string of the molecule is COC1CC(Nc2ccc(Cl)cc2)(C(N)=O)C1. The molecular formula is C12H15ClN2O2. The molecule has 4 nitrogen and oxygen atoms in total. The maximum atomic E-state index is 11.5. The number of halogens is 1. The molecule has 0 aromatic heterocycles. The molecule has 0 radical (unpaired) electrons. The Labute approximate surface area is 105 Å². The average Bonchev–Trinajstić information content (AvgIpc) is 2.25. The zero-order valence-corrected chi connectivity index (χ0v) is 10.3. The number of carbonyl (C=O) groups is 1. The van der Waals surface area contributed by atoms with E-state index >= 15 is 0 Å². The maximum Gasteiger partial charge on any atom is 0.243 e. The highest BCUT2D eigenvalue weighted by atomic mass is 35.5. The lowest BCUT2D eigenvalue weighted by Crippen LogP contribution is -2.61. The van der Waals surface area contributed by atoms with E-state index < -0.39 is 5.54 Å². The Hall–Kier alpha value is -1.26. The number of rotatable bonds is 4. The summed E-state index contributed by atoms with van der Waals surface area (Å²) in [6.45, 7) is 0. The second-order valence-corrected chi connectivity index (χ2v) is 4.78. The van der Waals surface area contributed by atoms with E-state index in [9.17, 15) is 4.79 Å². The van der Waals surface area contributed by atoms with Gasteiger partial charge in [0.15, 0.2) is 0 Å². The first-order valence-electron chi connectivity index (χ1n) is 5.42. The molecule has 0 unspecified atom stereocenters. The van der Waals surface area contributed by atoms with Gasteiger partial charge < -0.3 is 15.8 Å². The van der Waals surface area contributed by atoms with Crippen LogP contribution < -0.4 is 11.1 Å². The van der Waals surface area contributed by atoms with Crippen molar-refractivity contribution in [3.63, 3.8) is 0 Å². The Morgan fingerprint density at radius 1 is 1.47 bits per heavy atom. The van der Waals surface area contributed by atoms with E-state index in [1.807, 2.05) is 12.1 Å². The Morgan fingerprint density at radius 3 is 2.53 bits per heavy atom. The Morgan fingerprint density at radius 2 is 2.06 bits per heavy atom. The highest BCUT2D eigenvalue weighted by Gasteiger charge is 2.49. The molecule has 0 spiro atoms. The average molecular weight is 255 g/mol. The van der Waals surface area contributed by atoms with E-state index in [-0.39, 0.29) is 12.0 Å². The molecule has 17 heavy (non-hydrogen) atoms. The summed E-state index contributed by atoms with van der Waals surface area (Å²) in [6.07, 6.45) is 1.30. The third kappa shape index (κ3) is 2.37. The minimum absolute atomic E-state index is 0.0994. The Bertz CT molecular complexity index is 413. The van der Waals surface area contributed by atoms with Crippen LogP contribution in [-0.4, -0.2) is 24.7 Å². The number of nitrogens with two attached hydrogens (primary N) is 1. The number of benzene rings is 1. The normalized spacial score (nSPS) is 27.3. The van der Waals surface area contributed by atoms with Crippen molar-refractivity contribution < 1.29 is 9.53 Å². The van der Waals surface area contributed by atoms with Crippen LogP contribution in [0, 0.1) is 0 Å². The van der Waals surface area contributed by atoms with E-state index in [2.05, 4.69) is 5.32 Å². The highest BCUT2D eigenvalue weighted by Crippen LogP contribution is 2.37. The summed E-state index contributed by atoms with van der Waals surface area (Å²) >= 11 is 5.80. The van der Waals surface area contributed by atoms with Gasteiger partial charge in [-0.1, -0.05) is 11.6 Å². The fraction of sp³-hybridized carbons (Fsp3) is 0.417. The molecule has 1 saturated carbocycles. The molecule has 1 amide bonds. The van der Waals surface area contributed by atoms with Crippen molar-refractivity contribution in [2.24, 2.45) is 5.73 Å². The van der Waals surface area contributed by atoms with Gasteiger partial charge in [-0.25, -0.2) is 0 Å². The number of ether oxygens (including phenoxy) is 1. The predicted molar refractivity (Wildman–Crippen MR) is 67.0 cm³/mol. The van der Waals surface area contributed by atoms with Crippen molar-refractivity contribution >= 4 is 23.2 Å². The smallest absolute Gasteiger partial charge is 0.243 e. The number of hydrogen-bond acceptors (Lipinski definition) is 3. The highest BCUT2D eigenvalue weighted by molar-refractivity contribution is 6.30. The van der Waals surface area contributed by atoms with Gasteiger partial charge in [-0.05, 0) is 24.3 Å². The fourth-order valence-electron chi connectivity index (χ4n) is 2.06. The molecule has 1 aliphatic carbocycles. The standard InChI is InChI=1S/C12H15ClN2O2/c1-17-10-6-12(7-10,11(14)16)15-9-4-2-8(13)3-5-9/h2-5,10,15H,6-7H2,1H3,(H2,14,16). The monoisotopic (exact) mass is 254 g/mol. The summed E-state index contributed by atoms with van der Waals surface area (Å²) in [6, 6.07) is 7.19. The second kappa shape index (κ2) is 4.55. The van der Waals surface area contributed by atoms with Crippen LogP contribution in [0.3, 0.4) is 0 Å². The molecule has 1 fully saturated rings. The van der Waals surface area contributed by atoms with Gasteiger partial charge in [-0.15, -0.1) is 0 Å². The first-order valence-corrected chi connectivity index (χ1v) is 5.80. The minimum Gasteiger partial charge on any atom is -0.381 e. The van der Waals surface area contributed by atoms with E-state index in [0.29, 0.717) is 17.9 Å². The first-order chi connectivity index (χ1) is 8.05. The quantitative estimate of drug-likeness (QED) is 0.861. The van der Waals surface area contributed by atoms with Crippen LogP contribution in [0.2, 0.25) is 5.02 Å². The molecule has 1 aliphatic rings. The number of methoxy groups -OCH3 is 1. The topological polar surface area (TPSA) is 64.3 Å². The van der Waals surface area contributed by atoms with E-state index in [4.69, 9.17) is 22.1 Å². The van der Waals surface area contributed by atoms with Crippen LogP contribution in [0.15, 0.2) is 24.3 Å². The lowest BCUT2D eigenvalue weighted by Gasteiger charge is -2.45. The maximum absolute atomic E-state index is 11.5. The molecule has 0 heterocycles. The summed E-state index contributed by atoms with van der Waals surface area (Å²) in [5, 5.41) is 3.83. The number of carbonyl (C=O) groups excluding carboxylic acids is 1. The van der Waals surface area contributed by atoms with Crippen LogP contribution in [0.5, 0.6) is 0 Å². The lowest BCUT2D eigenvalue weighted by atomic mass is 9.73. The van der Waals surface area contributed by atoms with Gasteiger partial charge >= 0.3 is 0 Å². The van der Waals surface area contributed by atoms with Crippen molar-refractivity contribution in [3.05, 3.63) is 29.3 Å². The van der Waals surface area contributed by atoms with Crippen LogP contribution in [-0.2, 0) is 9.53 Å². The van der Waals surface area contributed by atoms with Gasteiger partial charge in [0.25, 0.3) is 0 Å². The summed E-state index contributed by atoms with van der Waals surface area (Å²) in [5.74, 6) is -0.347. The van der Waals surface area contributed by atoms with E-state index in [0.717, 1.165) is 5.69 Å². The van der Waals surface area contributed by atoms with E-state index in [1.165, 1.54) is 0 Å². The second-order valence-electron chi connectivity index (χ2n) is 4.34. The number of primary amides is 1. The number of hydrogen-bond donors (Lipinski definition) is 2. The molecule has 0 aliphatic heterocycles. The molecule has 1 aromatic carbocycles. The van der Waals surface area contributed by atoms with Gasteiger partial charge in [0.05, 0.1) is 6.10 Å². The Kier molecular flexibility index (Phi) is 3.26. The fourth-order valence-corrected chi connectivity index (χ4v) is 2.18. The van der Waals surface area contributed by atoms with Gasteiger partial charge in [0.1, 0.15) is 5.54 Å². The summed E-state index contributed by atoms with van der Waals surface area (Å²) in [5.41, 5.74) is 5.59. The molecule has 2 rings (SSSR count). The van der Waals surface area contributed by atoms with Gasteiger partial charge in [-0.2, -0.15) is 0 Å². The van der Waals surface area contributed by atoms with Crippen molar-refractivity contribution in [1.82, 2.24) is 0 Å². The molecule has 1 aromatic rings. The van der Waals surface area contributed by atoms with Crippen molar-refractivity contribution in [1.29, 1.82) is 0 Å². The van der Waals surface area contributed by atoms with Gasteiger partial charge in [-0.3, -0.25) is 4.79 Å². The zero-order chi connectivity index (χ0) is 12.5. The third-order valence-corrected chi connectivity index (χ3v) is 3.44. The van der Waals surface area contributed by atoms with Crippen molar-refractivity contribution in [2.75, 3.05) is 12.4 Å². The van der Waals surface area contributed by atoms with Crippen LogP contribution >= 0.6 is 11.6 Å². The van der Waals surface area contributed by atoms with Crippen molar-refractivity contribution in [3.8, 4) is 0 Å². The molecular weight excluding hydrogens is 240 g/mol. The summed E-state index contributed by atoms with van der Waals surface area (Å²) < 4.78 is 5.18. The third-order valence-electron chi connectivity index (χ3n) is 3.19. The van der Waals surface area contributed by atoms with E-state index in [1.54, 1.807) is 19.2 Å². The molecule has 0 atom stereocenters. The summed E-state index contributed by atoms with van der Waals surface area (Å²) in [4.78, 5) is 11.5. The molecule has 92 valence electrons. The van der Waals surface area contributed by atoms with Crippen LogP contribution in [0.25, 0.3) is 0 Å². The van der Waals surface area contributed by atoms with Gasteiger partial charge in [0.2, 0.25) is 5.91 Å². The largest absolute Gasteiger partial charge is 0.381 e. The van der Waals surface area contributed by atoms with Crippen LogP contribution in [0.4, 0.5) is 5.69 Å².